The highest BCUT2D eigenvalue weighted by molar-refractivity contribution is 5.32. The summed E-state index contributed by atoms with van der Waals surface area (Å²) < 4.78 is 0. The van der Waals surface area contributed by atoms with Gasteiger partial charge in [0.05, 0.1) is 0 Å². The smallest absolute Gasteiger partial charge is 0.0443 e. The Morgan fingerprint density at radius 1 is 1.33 bits per heavy atom. The Labute approximate surface area is 91.3 Å². The summed E-state index contributed by atoms with van der Waals surface area (Å²) in [7, 11) is 0. The van der Waals surface area contributed by atoms with Crippen LogP contribution in [-0.2, 0) is 6.42 Å². The molecule has 0 radical (unpaired) electrons. The maximum absolute atomic E-state index is 8.75. The molecule has 15 heavy (non-hydrogen) atoms. The third-order valence-corrected chi connectivity index (χ3v) is 3.10. The fourth-order valence-electron chi connectivity index (χ4n) is 2.32. The molecule has 0 unspecified atom stereocenters. The zero-order valence-corrected chi connectivity index (χ0v) is 9.08. The summed E-state index contributed by atoms with van der Waals surface area (Å²) in [6.45, 7) is 1.19. The minimum absolute atomic E-state index is 0.279. The topological polar surface area (TPSA) is 32.3 Å². The van der Waals surface area contributed by atoms with Gasteiger partial charge < -0.3 is 10.4 Å². The van der Waals surface area contributed by atoms with E-state index in [1.165, 1.54) is 30.4 Å². The van der Waals surface area contributed by atoms with Crippen LogP contribution >= 0.6 is 0 Å². The van der Waals surface area contributed by atoms with Crippen molar-refractivity contribution >= 4 is 0 Å². The Hall–Kier alpha value is -0.860. The Morgan fingerprint density at radius 2 is 2.20 bits per heavy atom. The van der Waals surface area contributed by atoms with E-state index >= 15 is 0 Å². The standard InChI is InChI=1S/C13H19NO/c15-10-4-9-14-13-8-3-6-11-5-1-2-7-12(11)13/h1-2,5,7,13-15H,3-4,6,8-10H2/t13-/m0/s1. The molecule has 2 heteroatoms. The van der Waals surface area contributed by atoms with E-state index in [4.69, 9.17) is 5.11 Å². The molecule has 0 amide bonds. The second-order valence-electron chi connectivity index (χ2n) is 4.17. The average molecular weight is 205 g/mol. The Bertz CT molecular complexity index is 311. The molecule has 1 aliphatic rings. The minimum atomic E-state index is 0.279. The van der Waals surface area contributed by atoms with Gasteiger partial charge in [-0.25, -0.2) is 0 Å². The number of nitrogens with one attached hydrogen (secondary N) is 1. The van der Waals surface area contributed by atoms with Crippen molar-refractivity contribution in [2.45, 2.75) is 31.7 Å². The van der Waals surface area contributed by atoms with Crippen LogP contribution in [0.4, 0.5) is 0 Å². The van der Waals surface area contributed by atoms with Gasteiger partial charge in [0, 0.05) is 12.6 Å². The summed E-state index contributed by atoms with van der Waals surface area (Å²) in [5.74, 6) is 0. The van der Waals surface area contributed by atoms with Crippen molar-refractivity contribution < 1.29 is 5.11 Å². The number of aliphatic hydroxyl groups excluding tert-OH is 1. The molecule has 1 aromatic carbocycles. The number of hydrogen-bond donors (Lipinski definition) is 2. The zero-order chi connectivity index (χ0) is 10.5. The quantitative estimate of drug-likeness (QED) is 0.737. The Balaban J connectivity index is 2.02. The summed E-state index contributed by atoms with van der Waals surface area (Å²) in [5.41, 5.74) is 2.95. The number of rotatable bonds is 4. The van der Waals surface area contributed by atoms with E-state index in [1.807, 2.05) is 0 Å². The molecule has 2 nitrogen and oxygen atoms in total. The van der Waals surface area contributed by atoms with Gasteiger partial charge >= 0.3 is 0 Å². The lowest BCUT2D eigenvalue weighted by atomic mass is 9.88. The van der Waals surface area contributed by atoms with E-state index < -0.39 is 0 Å². The van der Waals surface area contributed by atoms with Gasteiger partial charge in [0.2, 0.25) is 0 Å². The largest absolute Gasteiger partial charge is 0.396 e. The van der Waals surface area contributed by atoms with E-state index in [9.17, 15) is 0 Å². The fraction of sp³-hybridized carbons (Fsp3) is 0.538. The van der Waals surface area contributed by atoms with Crippen LogP contribution in [0.3, 0.4) is 0 Å². The number of hydrogen-bond acceptors (Lipinski definition) is 2. The maximum atomic E-state index is 8.75. The third kappa shape index (κ3) is 2.58. The normalized spacial score (nSPS) is 19.9. The first-order chi connectivity index (χ1) is 7.42. The van der Waals surface area contributed by atoms with Gasteiger partial charge in [0.1, 0.15) is 0 Å². The van der Waals surface area contributed by atoms with Gasteiger partial charge in [-0.05, 0) is 43.4 Å². The van der Waals surface area contributed by atoms with Crippen molar-refractivity contribution in [1.82, 2.24) is 5.32 Å². The summed E-state index contributed by atoms with van der Waals surface area (Å²) in [4.78, 5) is 0. The molecule has 0 aromatic heterocycles. The van der Waals surface area contributed by atoms with Gasteiger partial charge in [-0.15, -0.1) is 0 Å². The van der Waals surface area contributed by atoms with E-state index in [0.29, 0.717) is 6.04 Å². The highest BCUT2D eigenvalue weighted by Crippen LogP contribution is 2.29. The van der Waals surface area contributed by atoms with Crippen LogP contribution in [0.15, 0.2) is 24.3 Å². The van der Waals surface area contributed by atoms with Gasteiger partial charge in [0.25, 0.3) is 0 Å². The molecular formula is C13H19NO. The Morgan fingerprint density at radius 3 is 3.07 bits per heavy atom. The van der Waals surface area contributed by atoms with Crippen molar-refractivity contribution in [1.29, 1.82) is 0 Å². The van der Waals surface area contributed by atoms with E-state index in [2.05, 4.69) is 29.6 Å². The first kappa shape index (κ1) is 10.7. The lowest BCUT2D eigenvalue weighted by Crippen LogP contribution is -2.26. The van der Waals surface area contributed by atoms with E-state index in [1.54, 1.807) is 0 Å². The minimum Gasteiger partial charge on any atom is -0.396 e. The Kier molecular flexibility index (Phi) is 3.75. The van der Waals surface area contributed by atoms with Crippen LogP contribution in [0.5, 0.6) is 0 Å². The van der Waals surface area contributed by atoms with Crippen LogP contribution in [0.25, 0.3) is 0 Å². The second-order valence-corrected chi connectivity index (χ2v) is 4.17. The molecule has 0 saturated carbocycles. The number of benzene rings is 1. The van der Waals surface area contributed by atoms with Crippen LogP contribution in [-0.4, -0.2) is 18.3 Å². The second kappa shape index (κ2) is 5.29. The molecular weight excluding hydrogens is 186 g/mol. The molecule has 1 aromatic rings. The predicted octanol–water partition coefficient (Wildman–Crippen LogP) is 2.04. The molecule has 0 bridgehead atoms. The van der Waals surface area contributed by atoms with E-state index in [-0.39, 0.29) is 6.61 Å². The van der Waals surface area contributed by atoms with E-state index in [0.717, 1.165) is 13.0 Å². The fourth-order valence-corrected chi connectivity index (χ4v) is 2.32. The lowest BCUT2D eigenvalue weighted by Gasteiger charge is -2.26. The van der Waals surface area contributed by atoms with Crippen molar-refractivity contribution in [2.75, 3.05) is 13.2 Å². The van der Waals surface area contributed by atoms with Gasteiger partial charge in [-0.3, -0.25) is 0 Å². The third-order valence-electron chi connectivity index (χ3n) is 3.10. The summed E-state index contributed by atoms with van der Waals surface area (Å²) in [6, 6.07) is 9.20. The van der Waals surface area contributed by atoms with Crippen molar-refractivity contribution in [3.8, 4) is 0 Å². The molecule has 2 rings (SSSR count). The molecule has 0 aliphatic heterocycles. The van der Waals surface area contributed by atoms with Crippen molar-refractivity contribution in [2.24, 2.45) is 0 Å². The van der Waals surface area contributed by atoms with Crippen LogP contribution < -0.4 is 5.32 Å². The first-order valence-electron chi connectivity index (χ1n) is 5.84. The van der Waals surface area contributed by atoms with Crippen LogP contribution in [0.1, 0.15) is 36.4 Å². The number of aliphatic hydroxyl groups is 1. The van der Waals surface area contributed by atoms with Gasteiger partial charge in [-0.1, -0.05) is 24.3 Å². The molecule has 0 spiro atoms. The first-order valence-corrected chi connectivity index (χ1v) is 5.84. The predicted molar refractivity (Wildman–Crippen MR) is 61.8 cm³/mol. The molecule has 0 fully saturated rings. The molecule has 1 aliphatic carbocycles. The average Bonchev–Trinajstić information content (AvgIpc) is 2.30. The van der Waals surface area contributed by atoms with Gasteiger partial charge in [0.15, 0.2) is 0 Å². The molecule has 0 heterocycles. The highest BCUT2D eigenvalue weighted by Gasteiger charge is 2.18. The SMILES string of the molecule is OCCCN[C@H]1CCCc2ccccc21. The summed E-state index contributed by atoms with van der Waals surface area (Å²) in [6.07, 6.45) is 4.56. The summed E-state index contributed by atoms with van der Waals surface area (Å²) in [5, 5.41) is 12.3. The van der Waals surface area contributed by atoms with Gasteiger partial charge in [-0.2, -0.15) is 0 Å². The molecule has 1 atom stereocenters. The van der Waals surface area contributed by atoms with Crippen LogP contribution in [0, 0.1) is 0 Å². The number of fused-ring (bicyclic) bond motifs is 1. The monoisotopic (exact) mass is 205 g/mol. The molecule has 2 N–H and O–H groups in total. The lowest BCUT2D eigenvalue weighted by molar-refractivity contribution is 0.281. The highest BCUT2D eigenvalue weighted by atomic mass is 16.3. The van der Waals surface area contributed by atoms with Crippen LogP contribution in [0.2, 0.25) is 0 Å². The van der Waals surface area contributed by atoms with Crippen molar-refractivity contribution in [3.63, 3.8) is 0 Å². The molecule has 0 saturated heterocycles. The zero-order valence-electron chi connectivity index (χ0n) is 9.08. The molecule has 82 valence electrons. The van der Waals surface area contributed by atoms with Crippen molar-refractivity contribution in [3.05, 3.63) is 35.4 Å². The number of aryl methyl sites for hydroxylation is 1. The maximum Gasteiger partial charge on any atom is 0.0443 e. The summed E-state index contributed by atoms with van der Waals surface area (Å²) >= 11 is 0.